The van der Waals surface area contributed by atoms with Crippen LogP contribution in [0.25, 0.3) is 11.2 Å². The maximum Gasteiger partial charge on any atom is 0.310 e. The first-order valence-electron chi connectivity index (χ1n) is 7.74. The molecular formula is C18H21N3O3. The Morgan fingerprint density at radius 2 is 2.25 bits per heavy atom. The van der Waals surface area contributed by atoms with E-state index < -0.39 is 5.97 Å². The van der Waals surface area contributed by atoms with Crippen molar-refractivity contribution in [2.75, 3.05) is 6.61 Å². The van der Waals surface area contributed by atoms with Crippen molar-refractivity contribution in [3.63, 3.8) is 0 Å². The smallest absolute Gasteiger partial charge is 0.310 e. The number of hydrogen-bond donors (Lipinski definition) is 1. The van der Waals surface area contributed by atoms with E-state index in [0.29, 0.717) is 16.9 Å². The quantitative estimate of drug-likeness (QED) is 0.653. The fraction of sp³-hybridized carbons (Fsp3) is 0.278. The van der Waals surface area contributed by atoms with Gasteiger partial charge in [0, 0.05) is 17.5 Å². The standard InChI is InChI=1S/C18H21N3O3/c1-5-8-13(9-6-2)15-11-19-21-17(15)20-12(4)14(18(21)23)10-16(22)24-7-3/h5-6,8-9,11,19H,1,7,10H2,2-4H3. The minimum atomic E-state index is -0.438. The largest absolute Gasteiger partial charge is 0.466 e. The number of rotatable bonds is 6. The lowest BCUT2D eigenvalue weighted by Gasteiger charge is -2.06. The van der Waals surface area contributed by atoms with Crippen LogP contribution in [0.3, 0.4) is 0 Å². The molecule has 0 unspecified atom stereocenters. The molecule has 0 spiro atoms. The number of carbonyl (C=O) groups excluding carboxylic acids is 1. The van der Waals surface area contributed by atoms with E-state index in [0.717, 1.165) is 11.1 Å². The first-order valence-corrected chi connectivity index (χ1v) is 7.74. The van der Waals surface area contributed by atoms with E-state index in [1.165, 1.54) is 4.52 Å². The summed E-state index contributed by atoms with van der Waals surface area (Å²) in [6.07, 6.45) is 8.97. The zero-order valence-corrected chi connectivity index (χ0v) is 14.1. The van der Waals surface area contributed by atoms with E-state index >= 15 is 0 Å². The highest BCUT2D eigenvalue weighted by atomic mass is 16.5. The highest BCUT2D eigenvalue weighted by molar-refractivity contribution is 5.82. The molecule has 126 valence electrons. The molecule has 0 saturated heterocycles. The average molecular weight is 327 g/mol. The maximum absolute atomic E-state index is 12.7. The third-order valence-electron chi connectivity index (χ3n) is 3.54. The van der Waals surface area contributed by atoms with Crippen LogP contribution in [0.1, 0.15) is 30.7 Å². The normalized spacial score (nSPS) is 12.0. The zero-order chi connectivity index (χ0) is 17.7. The topological polar surface area (TPSA) is 76.5 Å². The van der Waals surface area contributed by atoms with E-state index in [4.69, 9.17) is 4.74 Å². The Morgan fingerprint density at radius 3 is 2.88 bits per heavy atom. The van der Waals surface area contributed by atoms with Crippen LogP contribution in [0.15, 0.2) is 41.9 Å². The number of H-pyrrole nitrogens is 1. The molecule has 0 radical (unpaired) electrons. The highest BCUT2D eigenvalue weighted by Crippen LogP contribution is 2.20. The molecule has 0 bridgehead atoms. The SMILES string of the molecule is C=CC=C(C=CC)c1c[nH]n2c(=O)c(CC(=O)OCC)c(C)nc12. The average Bonchev–Trinajstić information content (AvgIpc) is 2.95. The van der Waals surface area contributed by atoms with Crippen LogP contribution in [-0.2, 0) is 16.0 Å². The van der Waals surface area contributed by atoms with Crippen LogP contribution in [0.4, 0.5) is 0 Å². The summed E-state index contributed by atoms with van der Waals surface area (Å²) in [6, 6.07) is 0. The van der Waals surface area contributed by atoms with Gasteiger partial charge in [0.2, 0.25) is 0 Å². The van der Waals surface area contributed by atoms with Crippen molar-refractivity contribution >= 4 is 17.2 Å². The fourth-order valence-electron chi connectivity index (χ4n) is 2.47. The molecule has 2 rings (SSSR count). The van der Waals surface area contributed by atoms with Gasteiger partial charge in [0.25, 0.3) is 5.56 Å². The van der Waals surface area contributed by atoms with E-state index in [9.17, 15) is 9.59 Å². The van der Waals surface area contributed by atoms with Gasteiger partial charge in [-0.1, -0.05) is 30.9 Å². The molecule has 0 aliphatic heterocycles. The van der Waals surface area contributed by atoms with Crippen molar-refractivity contribution in [1.82, 2.24) is 14.6 Å². The summed E-state index contributed by atoms with van der Waals surface area (Å²) in [6.45, 7) is 9.35. The van der Waals surface area contributed by atoms with E-state index in [1.54, 1.807) is 26.1 Å². The lowest BCUT2D eigenvalue weighted by molar-refractivity contribution is -0.142. The molecule has 0 aliphatic carbocycles. The van der Waals surface area contributed by atoms with Crippen molar-refractivity contribution in [3.05, 3.63) is 64.3 Å². The van der Waals surface area contributed by atoms with Gasteiger partial charge in [-0.05, 0) is 26.3 Å². The Labute approximate surface area is 140 Å². The molecule has 0 fully saturated rings. The Morgan fingerprint density at radius 1 is 1.50 bits per heavy atom. The lowest BCUT2D eigenvalue weighted by Crippen LogP contribution is -2.24. The van der Waals surface area contributed by atoms with Crippen LogP contribution < -0.4 is 5.56 Å². The third-order valence-corrected chi connectivity index (χ3v) is 3.54. The zero-order valence-electron chi connectivity index (χ0n) is 14.1. The molecule has 2 heterocycles. The summed E-state index contributed by atoms with van der Waals surface area (Å²) in [5.74, 6) is -0.438. The van der Waals surface area contributed by atoms with Crippen molar-refractivity contribution in [2.45, 2.75) is 27.2 Å². The molecule has 2 aromatic heterocycles. The molecule has 0 aromatic carbocycles. The Hall–Kier alpha value is -2.89. The summed E-state index contributed by atoms with van der Waals surface area (Å²) in [4.78, 5) is 28.9. The third kappa shape index (κ3) is 3.37. The number of ether oxygens (including phenoxy) is 1. The van der Waals surface area contributed by atoms with Crippen molar-refractivity contribution in [2.24, 2.45) is 0 Å². The van der Waals surface area contributed by atoms with Crippen molar-refractivity contribution in [3.8, 4) is 0 Å². The summed E-state index contributed by atoms with van der Waals surface area (Å²) < 4.78 is 6.27. The van der Waals surface area contributed by atoms with Gasteiger partial charge < -0.3 is 4.74 Å². The number of aromatic nitrogens is 3. The molecule has 0 saturated carbocycles. The van der Waals surface area contributed by atoms with E-state index in [-0.39, 0.29) is 18.6 Å². The number of carbonyl (C=O) groups is 1. The Bertz CT molecular complexity index is 885. The summed E-state index contributed by atoms with van der Waals surface area (Å²) in [7, 11) is 0. The van der Waals surface area contributed by atoms with Gasteiger partial charge in [-0.3, -0.25) is 14.7 Å². The molecule has 6 nitrogen and oxygen atoms in total. The van der Waals surface area contributed by atoms with Crippen LogP contribution in [0, 0.1) is 6.92 Å². The Kier molecular flexibility index (Phi) is 5.52. The summed E-state index contributed by atoms with van der Waals surface area (Å²) >= 11 is 0. The number of esters is 1. The number of allylic oxidation sites excluding steroid dienone is 5. The minimum Gasteiger partial charge on any atom is -0.466 e. The molecule has 24 heavy (non-hydrogen) atoms. The number of nitrogens with zero attached hydrogens (tertiary/aromatic N) is 2. The summed E-state index contributed by atoms with van der Waals surface area (Å²) in [5.41, 5.74) is 2.74. The molecule has 6 heteroatoms. The van der Waals surface area contributed by atoms with Gasteiger partial charge in [-0.15, -0.1) is 0 Å². The molecule has 0 atom stereocenters. The van der Waals surface area contributed by atoms with Crippen molar-refractivity contribution < 1.29 is 9.53 Å². The number of hydrogen-bond acceptors (Lipinski definition) is 4. The molecular weight excluding hydrogens is 306 g/mol. The van der Waals surface area contributed by atoms with Gasteiger partial charge in [0.15, 0.2) is 5.65 Å². The van der Waals surface area contributed by atoms with Crippen LogP contribution >= 0.6 is 0 Å². The molecule has 1 N–H and O–H groups in total. The number of aromatic amines is 1. The molecule has 0 amide bonds. The second-order valence-electron chi connectivity index (χ2n) is 5.17. The lowest BCUT2D eigenvalue weighted by atomic mass is 10.1. The number of nitrogens with one attached hydrogen (secondary N) is 1. The fourth-order valence-corrected chi connectivity index (χ4v) is 2.47. The predicted molar refractivity (Wildman–Crippen MR) is 93.9 cm³/mol. The highest BCUT2D eigenvalue weighted by Gasteiger charge is 2.17. The first kappa shape index (κ1) is 17.5. The van der Waals surface area contributed by atoms with E-state index in [2.05, 4.69) is 16.7 Å². The van der Waals surface area contributed by atoms with Gasteiger partial charge in [-0.2, -0.15) is 0 Å². The van der Waals surface area contributed by atoms with Crippen LogP contribution in [0.5, 0.6) is 0 Å². The molecule has 0 aliphatic rings. The van der Waals surface area contributed by atoms with Crippen LogP contribution in [0.2, 0.25) is 0 Å². The minimum absolute atomic E-state index is 0.0903. The predicted octanol–water partition coefficient (Wildman–Crippen LogP) is 2.58. The van der Waals surface area contributed by atoms with Gasteiger partial charge >= 0.3 is 5.97 Å². The van der Waals surface area contributed by atoms with E-state index in [1.807, 2.05) is 25.2 Å². The maximum atomic E-state index is 12.7. The van der Waals surface area contributed by atoms with Crippen LogP contribution in [-0.4, -0.2) is 27.2 Å². The van der Waals surface area contributed by atoms with Gasteiger partial charge in [0.05, 0.1) is 18.6 Å². The van der Waals surface area contributed by atoms with Gasteiger partial charge in [0.1, 0.15) is 0 Å². The Balaban J connectivity index is 2.60. The number of fused-ring (bicyclic) bond motifs is 1. The number of aryl methyl sites for hydroxylation is 1. The van der Waals surface area contributed by atoms with Crippen molar-refractivity contribution in [1.29, 1.82) is 0 Å². The monoisotopic (exact) mass is 327 g/mol. The first-order chi connectivity index (χ1) is 11.5. The second-order valence-corrected chi connectivity index (χ2v) is 5.17. The second kappa shape index (κ2) is 7.59. The summed E-state index contributed by atoms with van der Waals surface area (Å²) in [5, 5.41) is 2.91. The molecule has 2 aromatic rings. The van der Waals surface area contributed by atoms with Gasteiger partial charge in [-0.25, -0.2) is 9.50 Å².